The summed E-state index contributed by atoms with van der Waals surface area (Å²) in [7, 11) is 0. The quantitative estimate of drug-likeness (QED) is 0.389. The number of hydrazine groups is 1. The molecule has 0 fully saturated rings. The number of aromatic nitrogens is 1. The van der Waals surface area contributed by atoms with Crippen LogP contribution in [0, 0.1) is 0 Å². The lowest BCUT2D eigenvalue weighted by Gasteiger charge is -1.95. The van der Waals surface area contributed by atoms with E-state index in [2.05, 4.69) is 10.4 Å². The van der Waals surface area contributed by atoms with Crippen molar-refractivity contribution in [3.8, 4) is 11.3 Å². The predicted octanol–water partition coefficient (Wildman–Crippen LogP) is 1.29. The normalized spacial score (nSPS) is 9.93. The first kappa shape index (κ1) is 9.48. The molecule has 0 radical (unpaired) electrons. The van der Waals surface area contributed by atoms with Gasteiger partial charge in [-0.15, -0.1) is 0 Å². The SMILES string of the molecule is NNC(=O)c1c[nH]c(-c2ccccc2)c1. The van der Waals surface area contributed by atoms with Gasteiger partial charge in [-0.1, -0.05) is 30.3 Å². The number of benzene rings is 1. The van der Waals surface area contributed by atoms with Crippen LogP contribution >= 0.6 is 0 Å². The molecule has 0 aliphatic carbocycles. The number of nitrogens with two attached hydrogens (primary N) is 1. The highest BCUT2D eigenvalue weighted by Crippen LogP contribution is 2.18. The Kier molecular flexibility index (Phi) is 2.51. The van der Waals surface area contributed by atoms with Crippen LogP contribution in [0.3, 0.4) is 0 Å². The Morgan fingerprint density at radius 1 is 1.27 bits per heavy atom. The molecule has 4 N–H and O–H groups in total. The average molecular weight is 201 g/mol. The zero-order valence-electron chi connectivity index (χ0n) is 8.03. The van der Waals surface area contributed by atoms with Gasteiger partial charge in [0.25, 0.3) is 5.91 Å². The number of hydrogen-bond donors (Lipinski definition) is 3. The maximum Gasteiger partial charge on any atom is 0.266 e. The minimum Gasteiger partial charge on any atom is -0.360 e. The van der Waals surface area contributed by atoms with Crippen LogP contribution < -0.4 is 11.3 Å². The van der Waals surface area contributed by atoms with Crippen molar-refractivity contribution in [2.24, 2.45) is 5.84 Å². The summed E-state index contributed by atoms with van der Waals surface area (Å²) in [5, 5.41) is 0. The van der Waals surface area contributed by atoms with Gasteiger partial charge in [-0.25, -0.2) is 5.84 Å². The first-order valence-corrected chi connectivity index (χ1v) is 4.56. The zero-order chi connectivity index (χ0) is 10.7. The van der Waals surface area contributed by atoms with Crippen molar-refractivity contribution in [2.45, 2.75) is 0 Å². The fourth-order valence-electron chi connectivity index (χ4n) is 1.39. The number of H-pyrrole nitrogens is 1. The Morgan fingerprint density at radius 2 is 2.00 bits per heavy atom. The first-order valence-electron chi connectivity index (χ1n) is 4.56. The molecule has 0 aliphatic heterocycles. The average Bonchev–Trinajstić information content (AvgIpc) is 2.78. The summed E-state index contributed by atoms with van der Waals surface area (Å²) in [5.74, 6) is 4.74. The maximum absolute atomic E-state index is 11.2. The second-order valence-corrected chi connectivity index (χ2v) is 3.14. The summed E-state index contributed by atoms with van der Waals surface area (Å²) >= 11 is 0. The van der Waals surface area contributed by atoms with Gasteiger partial charge in [0, 0.05) is 11.9 Å². The second kappa shape index (κ2) is 3.98. The van der Waals surface area contributed by atoms with E-state index in [0.29, 0.717) is 5.56 Å². The molecule has 1 aromatic heterocycles. The number of amides is 1. The van der Waals surface area contributed by atoms with E-state index in [0.717, 1.165) is 11.3 Å². The van der Waals surface area contributed by atoms with Gasteiger partial charge in [0.05, 0.1) is 5.56 Å². The van der Waals surface area contributed by atoms with Gasteiger partial charge in [0.15, 0.2) is 0 Å². The van der Waals surface area contributed by atoms with Crippen molar-refractivity contribution >= 4 is 5.91 Å². The number of carbonyl (C=O) groups is 1. The molecular weight excluding hydrogens is 190 g/mol. The van der Waals surface area contributed by atoms with Gasteiger partial charge in [0.1, 0.15) is 0 Å². The molecule has 0 unspecified atom stereocenters. The Morgan fingerprint density at radius 3 is 2.67 bits per heavy atom. The van der Waals surface area contributed by atoms with Crippen molar-refractivity contribution in [1.29, 1.82) is 0 Å². The van der Waals surface area contributed by atoms with Crippen LogP contribution in [0.2, 0.25) is 0 Å². The van der Waals surface area contributed by atoms with E-state index >= 15 is 0 Å². The highest BCUT2D eigenvalue weighted by Gasteiger charge is 2.06. The highest BCUT2D eigenvalue weighted by molar-refractivity contribution is 5.94. The van der Waals surface area contributed by atoms with E-state index in [-0.39, 0.29) is 5.91 Å². The van der Waals surface area contributed by atoms with Crippen molar-refractivity contribution in [2.75, 3.05) is 0 Å². The van der Waals surface area contributed by atoms with E-state index in [1.807, 2.05) is 30.3 Å². The summed E-state index contributed by atoms with van der Waals surface area (Å²) in [6, 6.07) is 11.5. The summed E-state index contributed by atoms with van der Waals surface area (Å²) in [4.78, 5) is 14.2. The molecule has 0 aliphatic rings. The van der Waals surface area contributed by atoms with Crippen molar-refractivity contribution in [3.05, 3.63) is 48.2 Å². The van der Waals surface area contributed by atoms with Gasteiger partial charge >= 0.3 is 0 Å². The Hall–Kier alpha value is -2.07. The van der Waals surface area contributed by atoms with Crippen molar-refractivity contribution in [3.63, 3.8) is 0 Å². The molecule has 1 aromatic carbocycles. The molecule has 0 spiro atoms. The fraction of sp³-hybridized carbons (Fsp3) is 0. The summed E-state index contributed by atoms with van der Waals surface area (Å²) in [5.41, 5.74) is 4.54. The molecule has 1 heterocycles. The molecule has 0 atom stereocenters. The summed E-state index contributed by atoms with van der Waals surface area (Å²) < 4.78 is 0. The minimum absolute atomic E-state index is 0.298. The van der Waals surface area contributed by atoms with Crippen molar-refractivity contribution in [1.82, 2.24) is 10.4 Å². The monoisotopic (exact) mass is 201 g/mol. The number of carbonyl (C=O) groups excluding carboxylic acids is 1. The van der Waals surface area contributed by atoms with E-state index in [1.165, 1.54) is 0 Å². The lowest BCUT2D eigenvalue weighted by molar-refractivity contribution is 0.0954. The third-order valence-corrected chi connectivity index (χ3v) is 2.16. The summed E-state index contributed by atoms with van der Waals surface area (Å²) in [6.07, 6.45) is 1.63. The predicted molar refractivity (Wildman–Crippen MR) is 57.9 cm³/mol. The molecule has 1 amide bonds. The smallest absolute Gasteiger partial charge is 0.266 e. The van der Waals surface area contributed by atoms with Gasteiger partial charge in [-0.3, -0.25) is 10.2 Å². The van der Waals surface area contributed by atoms with Crippen LogP contribution in [0.5, 0.6) is 0 Å². The van der Waals surface area contributed by atoms with Crippen LogP contribution in [0.25, 0.3) is 11.3 Å². The third-order valence-electron chi connectivity index (χ3n) is 2.16. The lowest BCUT2D eigenvalue weighted by Crippen LogP contribution is -2.29. The molecule has 0 saturated heterocycles. The summed E-state index contributed by atoms with van der Waals surface area (Å²) in [6.45, 7) is 0. The Balaban J connectivity index is 2.32. The lowest BCUT2D eigenvalue weighted by atomic mass is 10.1. The largest absolute Gasteiger partial charge is 0.360 e. The van der Waals surface area contributed by atoms with Crippen LogP contribution in [0.15, 0.2) is 42.6 Å². The number of aromatic amines is 1. The third kappa shape index (κ3) is 1.89. The Bertz CT molecular complexity index is 462. The maximum atomic E-state index is 11.2. The van der Waals surface area contributed by atoms with Gasteiger partial charge < -0.3 is 4.98 Å². The molecule has 4 nitrogen and oxygen atoms in total. The highest BCUT2D eigenvalue weighted by atomic mass is 16.2. The topological polar surface area (TPSA) is 70.9 Å². The van der Waals surface area contributed by atoms with Crippen LogP contribution in [-0.4, -0.2) is 10.9 Å². The molecule has 76 valence electrons. The number of nitrogens with one attached hydrogen (secondary N) is 2. The number of nitrogen functional groups attached to an aromatic ring is 1. The fourth-order valence-corrected chi connectivity index (χ4v) is 1.39. The van der Waals surface area contributed by atoms with Crippen molar-refractivity contribution < 1.29 is 4.79 Å². The van der Waals surface area contributed by atoms with E-state index in [1.54, 1.807) is 12.3 Å². The van der Waals surface area contributed by atoms with Gasteiger partial charge in [0.2, 0.25) is 0 Å². The van der Waals surface area contributed by atoms with Gasteiger partial charge in [-0.2, -0.15) is 0 Å². The van der Waals surface area contributed by atoms with E-state index in [9.17, 15) is 4.79 Å². The standard InChI is InChI=1S/C11H11N3O/c12-14-11(15)9-6-10(13-7-9)8-4-2-1-3-5-8/h1-7,13H,12H2,(H,14,15). The van der Waals surface area contributed by atoms with Crippen LogP contribution in [0.4, 0.5) is 0 Å². The minimum atomic E-state index is -0.298. The molecule has 0 bridgehead atoms. The van der Waals surface area contributed by atoms with Gasteiger partial charge in [-0.05, 0) is 11.6 Å². The molecule has 15 heavy (non-hydrogen) atoms. The molecule has 4 heteroatoms. The molecule has 2 rings (SSSR count). The second-order valence-electron chi connectivity index (χ2n) is 3.14. The Labute approximate surface area is 87.1 Å². The van der Waals surface area contributed by atoms with E-state index in [4.69, 9.17) is 5.84 Å². The zero-order valence-corrected chi connectivity index (χ0v) is 8.03. The molecular formula is C11H11N3O. The van der Waals surface area contributed by atoms with Crippen LogP contribution in [0.1, 0.15) is 10.4 Å². The van der Waals surface area contributed by atoms with Crippen LogP contribution in [-0.2, 0) is 0 Å². The number of rotatable bonds is 2. The molecule has 0 saturated carbocycles. The number of hydrogen-bond acceptors (Lipinski definition) is 2. The molecule has 2 aromatic rings. The van der Waals surface area contributed by atoms with E-state index < -0.39 is 0 Å². The first-order chi connectivity index (χ1) is 7.31.